The molecule has 3 aliphatic rings. The first-order valence-corrected chi connectivity index (χ1v) is 8.48. The molecular formula is C15H16Br2O3. The van der Waals surface area contributed by atoms with Gasteiger partial charge in [0.05, 0.1) is 15.8 Å². The largest absolute Gasteiger partial charge is 0.490 e. The van der Waals surface area contributed by atoms with Gasteiger partial charge in [0.15, 0.2) is 5.78 Å². The van der Waals surface area contributed by atoms with Gasteiger partial charge in [0.1, 0.15) is 11.4 Å². The first-order chi connectivity index (χ1) is 9.31. The zero-order chi connectivity index (χ0) is 14.7. The SMILES string of the molecule is CC1(C)OC2=C(C=C3C(=O)C(Br)CC=C3C2)C(O)C1Br. The molecule has 0 bridgehead atoms. The zero-order valence-electron chi connectivity index (χ0n) is 11.3. The van der Waals surface area contributed by atoms with E-state index >= 15 is 0 Å². The molecule has 0 amide bonds. The first kappa shape index (κ1) is 14.5. The van der Waals surface area contributed by atoms with Crippen molar-refractivity contribution >= 4 is 37.6 Å². The van der Waals surface area contributed by atoms with Crippen LogP contribution in [0.15, 0.2) is 34.6 Å². The minimum absolute atomic E-state index is 0.0946. The van der Waals surface area contributed by atoms with Gasteiger partial charge in [-0.2, -0.15) is 0 Å². The number of allylic oxidation sites excluding steroid dienone is 3. The summed E-state index contributed by atoms with van der Waals surface area (Å²) in [6, 6.07) is 0. The Labute approximate surface area is 135 Å². The second-order valence-electron chi connectivity index (χ2n) is 5.96. The Morgan fingerprint density at radius 2 is 2.10 bits per heavy atom. The van der Waals surface area contributed by atoms with Gasteiger partial charge in [-0.15, -0.1) is 0 Å². The molecule has 2 aliphatic carbocycles. The molecule has 1 aliphatic heterocycles. The Morgan fingerprint density at radius 1 is 1.40 bits per heavy atom. The lowest BCUT2D eigenvalue weighted by atomic mass is 9.80. The van der Waals surface area contributed by atoms with Crippen molar-refractivity contribution in [2.24, 2.45) is 0 Å². The van der Waals surface area contributed by atoms with Crippen molar-refractivity contribution in [1.29, 1.82) is 0 Å². The number of carbonyl (C=O) groups is 1. The van der Waals surface area contributed by atoms with Gasteiger partial charge >= 0.3 is 0 Å². The topological polar surface area (TPSA) is 46.5 Å². The number of aliphatic hydroxyl groups excluding tert-OH is 1. The Kier molecular flexibility index (Phi) is 3.50. The summed E-state index contributed by atoms with van der Waals surface area (Å²) in [7, 11) is 0. The van der Waals surface area contributed by atoms with Crippen molar-refractivity contribution in [3.05, 3.63) is 34.6 Å². The van der Waals surface area contributed by atoms with Crippen molar-refractivity contribution in [3.8, 4) is 0 Å². The van der Waals surface area contributed by atoms with Gasteiger partial charge in [0, 0.05) is 17.6 Å². The van der Waals surface area contributed by atoms with Crippen molar-refractivity contribution in [2.75, 3.05) is 0 Å². The molecule has 20 heavy (non-hydrogen) atoms. The highest BCUT2D eigenvalue weighted by atomic mass is 79.9. The maximum Gasteiger partial charge on any atom is 0.177 e. The average Bonchev–Trinajstić information content (AvgIpc) is 2.39. The average molecular weight is 404 g/mol. The Morgan fingerprint density at radius 3 is 2.80 bits per heavy atom. The lowest BCUT2D eigenvalue weighted by molar-refractivity contribution is -0.115. The molecule has 0 radical (unpaired) electrons. The number of halogens is 2. The fourth-order valence-electron chi connectivity index (χ4n) is 2.89. The van der Waals surface area contributed by atoms with Gasteiger partial charge in [-0.05, 0) is 31.9 Å². The minimum atomic E-state index is -0.661. The molecule has 3 nitrogen and oxygen atoms in total. The summed E-state index contributed by atoms with van der Waals surface area (Å²) in [5.74, 6) is 0.881. The number of ketones is 1. The van der Waals surface area contributed by atoms with E-state index in [0.29, 0.717) is 18.4 Å². The molecule has 0 saturated heterocycles. The summed E-state index contributed by atoms with van der Waals surface area (Å²) < 4.78 is 6.04. The second-order valence-corrected chi connectivity index (χ2v) is 8.05. The minimum Gasteiger partial charge on any atom is -0.490 e. The number of alkyl halides is 2. The van der Waals surface area contributed by atoms with Crippen LogP contribution in [-0.4, -0.2) is 32.2 Å². The molecule has 3 atom stereocenters. The fraction of sp³-hybridized carbons (Fsp3) is 0.533. The predicted molar refractivity (Wildman–Crippen MR) is 84.0 cm³/mol. The highest BCUT2D eigenvalue weighted by Gasteiger charge is 2.44. The van der Waals surface area contributed by atoms with E-state index < -0.39 is 11.7 Å². The zero-order valence-corrected chi connectivity index (χ0v) is 14.5. The van der Waals surface area contributed by atoms with Crippen molar-refractivity contribution < 1.29 is 14.6 Å². The van der Waals surface area contributed by atoms with Crippen LogP contribution in [0.3, 0.4) is 0 Å². The van der Waals surface area contributed by atoms with Crippen LogP contribution in [0.1, 0.15) is 26.7 Å². The summed E-state index contributed by atoms with van der Waals surface area (Å²) in [5.41, 5.74) is 1.98. The van der Waals surface area contributed by atoms with E-state index in [-0.39, 0.29) is 15.4 Å². The summed E-state index contributed by atoms with van der Waals surface area (Å²) in [6.45, 7) is 3.90. The van der Waals surface area contributed by atoms with Crippen LogP contribution in [0.25, 0.3) is 0 Å². The van der Waals surface area contributed by atoms with E-state index in [1.807, 2.05) is 13.8 Å². The summed E-state index contributed by atoms with van der Waals surface area (Å²) in [6.07, 6.45) is 4.52. The molecule has 0 aromatic heterocycles. The number of Topliss-reactive ketones (excluding diaryl/α,β-unsaturated/α-hetero) is 1. The molecule has 0 aromatic carbocycles. The molecule has 0 fully saturated rings. The van der Waals surface area contributed by atoms with E-state index in [1.54, 1.807) is 6.08 Å². The quantitative estimate of drug-likeness (QED) is 0.632. The molecule has 1 N–H and O–H groups in total. The van der Waals surface area contributed by atoms with Crippen LogP contribution in [0, 0.1) is 0 Å². The van der Waals surface area contributed by atoms with Crippen LogP contribution in [0.4, 0.5) is 0 Å². The third-order valence-electron chi connectivity index (χ3n) is 4.09. The third kappa shape index (κ3) is 2.14. The predicted octanol–water partition coefficient (Wildman–Crippen LogP) is 3.17. The molecule has 1 heterocycles. The smallest absolute Gasteiger partial charge is 0.177 e. The maximum atomic E-state index is 12.2. The molecule has 5 heteroatoms. The summed E-state index contributed by atoms with van der Waals surface area (Å²) >= 11 is 6.90. The highest BCUT2D eigenvalue weighted by Crippen LogP contribution is 2.44. The number of aliphatic hydroxyl groups is 1. The highest BCUT2D eigenvalue weighted by molar-refractivity contribution is 9.10. The van der Waals surface area contributed by atoms with E-state index in [2.05, 4.69) is 37.9 Å². The Bertz CT molecular complexity index is 572. The number of rotatable bonds is 0. The molecule has 3 rings (SSSR count). The van der Waals surface area contributed by atoms with Crippen molar-refractivity contribution in [1.82, 2.24) is 0 Å². The van der Waals surface area contributed by atoms with E-state index in [9.17, 15) is 9.90 Å². The van der Waals surface area contributed by atoms with Gasteiger partial charge < -0.3 is 9.84 Å². The van der Waals surface area contributed by atoms with E-state index in [0.717, 1.165) is 16.9 Å². The number of hydrogen-bond donors (Lipinski definition) is 1. The van der Waals surface area contributed by atoms with Crippen LogP contribution >= 0.6 is 31.9 Å². The molecule has 0 saturated carbocycles. The normalized spacial score (nSPS) is 35.6. The number of ether oxygens (including phenoxy) is 1. The van der Waals surface area contributed by atoms with Gasteiger partial charge in [-0.1, -0.05) is 37.9 Å². The molecular weight excluding hydrogens is 388 g/mol. The second kappa shape index (κ2) is 4.82. The standard InChI is InChI=1S/C15H16Br2O3/c1-15(2)14(17)13(19)9-6-8-7(5-11(9)20-15)3-4-10(16)12(8)18/h3,6,10,13-14,19H,4-5H2,1-2H3. The van der Waals surface area contributed by atoms with Crippen molar-refractivity contribution in [2.45, 2.75) is 48.0 Å². The Balaban J connectivity index is 2.06. The fourth-order valence-corrected chi connectivity index (χ4v) is 3.70. The number of carbonyl (C=O) groups excluding carboxylic acids is 1. The molecule has 0 aromatic rings. The van der Waals surface area contributed by atoms with E-state index in [4.69, 9.17) is 4.74 Å². The van der Waals surface area contributed by atoms with Gasteiger partial charge in [-0.25, -0.2) is 0 Å². The van der Waals surface area contributed by atoms with E-state index in [1.165, 1.54) is 0 Å². The Hall–Kier alpha value is -0.390. The van der Waals surface area contributed by atoms with Crippen LogP contribution < -0.4 is 0 Å². The van der Waals surface area contributed by atoms with Crippen LogP contribution in [-0.2, 0) is 9.53 Å². The number of fused-ring (bicyclic) bond motifs is 1. The van der Waals surface area contributed by atoms with Gasteiger partial charge in [0.2, 0.25) is 0 Å². The lowest BCUT2D eigenvalue weighted by Gasteiger charge is -2.43. The van der Waals surface area contributed by atoms with Gasteiger partial charge in [-0.3, -0.25) is 4.79 Å². The molecule has 108 valence electrons. The summed E-state index contributed by atoms with van der Waals surface area (Å²) in [5, 5.41) is 10.5. The number of hydrogen-bond acceptors (Lipinski definition) is 3. The maximum absolute atomic E-state index is 12.2. The van der Waals surface area contributed by atoms with Crippen molar-refractivity contribution in [3.63, 3.8) is 0 Å². The molecule has 3 unspecified atom stereocenters. The van der Waals surface area contributed by atoms with Gasteiger partial charge in [0.25, 0.3) is 0 Å². The first-order valence-electron chi connectivity index (χ1n) is 6.65. The third-order valence-corrected chi connectivity index (χ3v) is 6.48. The summed E-state index contributed by atoms with van der Waals surface area (Å²) in [4.78, 5) is 11.9. The monoisotopic (exact) mass is 402 g/mol. The van der Waals surface area contributed by atoms with Crippen LogP contribution in [0.5, 0.6) is 0 Å². The lowest BCUT2D eigenvalue weighted by Crippen LogP contribution is -2.48. The van der Waals surface area contributed by atoms with Crippen LogP contribution in [0.2, 0.25) is 0 Å². The molecule has 0 spiro atoms.